The van der Waals surface area contributed by atoms with Crippen LogP contribution >= 0.6 is 0 Å². The van der Waals surface area contributed by atoms with Crippen LogP contribution in [0.15, 0.2) is 36.7 Å². The fourth-order valence-corrected chi connectivity index (χ4v) is 5.38. The second-order valence-corrected chi connectivity index (χ2v) is 8.92. The van der Waals surface area contributed by atoms with Gasteiger partial charge in [0.2, 0.25) is 0 Å². The lowest BCUT2D eigenvalue weighted by Crippen LogP contribution is -2.25. The highest BCUT2D eigenvalue weighted by Gasteiger charge is 2.33. The number of likely N-dealkylation sites (N-methyl/N-ethyl adjacent to an activating group) is 1. The van der Waals surface area contributed by atoms with Gasteiger partial charge < -0.3 is 9.47 Å². The largest absolute Gasteiger partial charge is 0.344 e. The summed E-state index contributed by atoms with van der Waals surface area (Å²) in [5.74, 6) is 0. The maximum Gasteiger partial charge on any atom is 0.0518 e. The van der Waals surface area contributed by atoms with Gasteiger partial charge in [-0.05, 0) is 73.5 Å². The third kappa shape index (κ3) is 2.71. The van der Waals surface area contributed by atoms with Crippen molar-refractivity contribution in [3.8, 4) is 0 Å². The first-order valence-electron chi connectivity index (χ1n) is 10.3. The van der Waals surface area contributed by atoms with Crippen molar-refractivity contribution in [2.45, 2.75) is 51.5 Å². The van der Waals surface area contributed by atoms with Gasteiger partial charge in [0.15, 0.2) is 0 Å². The highest BCUT2D eigenvalue weighted by molar-refractivity contribution is 5.89. The summed E-state index contributed by atoms with van der Waals surface area (Å²) in [6.45, 7) is 8.15. The smallest absolute Gasteiger partial charge is 0.0518 e. The SMILES string of the molecule is Cc1cc2c3c(c1)c1c(n3CCC(C)(c3ccncc3)C2)CCN(C)CC1. The first-order valence-corrected chi connectivity index (χ1v) is 10.3. The van der Waals surface area contributed by atoms with E-state index in [-0.39, 0.29) is 5.41 Å². The van der Waals surface area contributed by atoms with Gasteiger partial charge in [-0.15, -0.1) is 0 Å². The molecule has 2 aromatic heterocycles. The Labute approximate surface area is 162 Å². The van der Waals surface area contributed by atoms with Crippen molar-refractivity contribution in [3.05, 3.63) is 64.6 Å². The Morgan fingerprint density at radius 2 is 1.81 bits per heavy atom. The molecule has 1 unspecified atom stereocenters. The Kier molecular flexibility index (Phi) is 3.90. The first-order chi connectivity index (χ1) is 13.0. The highest BCUT2D eigenvalue weighted by atomic mass is 15.1. The van der Waals surface area contributed by atoms with Crippen molar-refractivity contribution in [1.29, 1.82) is 0 Å². The maximum absolute atomic E-state index is 4.24. The summed E-state index contributed by atoms with van der Waals surface area (Å²) in [4.78, 5) is 6.72. The number of pyridine rings is 1. The van der Waals surface area contributed by atoms with E-state index >= 15 is 0 Å². The molecule has 27 heavy (non-hydrogen) atoms. The van der Waals surface area contributed by atoms with Gasteiger partial charge in [0, 0.05) is 49.5 Å². The molecule has 0 saturated carbocycles. The molecule has 0 aliphatic carbocycles. The van der Waals surface area contributed by atoms with Gasteiger partial charge in [-0.25, -0.2) is 0 Å². The zero-order valence-corrected chi connectivity index (χ0v) is 16.8. The van der Waals surface area contributed by atoms with Crippen LogP contribution in [0.2, 0.25) is 0 Å². The minimum absolute atomic E-state index is 0.164. The van der Waals surface area contributed by atoms with Crippen LogP contribution in [0, 0.1) is 6.92 Å². The molecule has 140 valence electrons. The highest BCUT2D eigenvalue weighted by Crippen LogP contribution is 2.41. The third-order valence-corrected chi connectivity index (χ3v) is 6.92. The summed E-state index contributed by atoms with van der Waals surface area (Å²) in [6, 6.07) is 9.30. The van der Waals surface area contributed by atoms with Crippen molar-refractivity contribution >= 4 is 10.9 Å². The summed E-state index contributed by atoms with van der Waals surface area (Å²) in [5.41, 5.74) is 9.25. The molecule has 4 heterocycles. The van der Waals surface area contributed by atoms with E-state index in [1.165, 1.54) is 59.9 Å². The predicted octanol–water partition coefficient (Wildman–Crippen LogP) is 4.28. The number of benzene rings is 1. The maximum atomic E-state index is 4.24. The van der Waals surface area contributed by atoms with Crippen molar-refractivity contribution in [1.82, 2.24) is 14.5 Å². The molecule has 0 amide bonds. The number of fused-ring (bicyclic) bond motifs is 3. The van der Waals surface area contributed by atoms with Crippen LogP contribution in [0.25, 0.3) is 10.9 Å². The van der Waals surface area contributed by atoms with E-state index in [9.17, 15) is 0 Å². The molecule has 0 radical (unpaired) electrons. The van der Waals surface area contributed by atoms with E-state index in [0.717, 1.165) is 13.0 Å². The van der Waals surface area contributed by atoms with Gasteiger partial charge in [0.1, 0.15) is 0 Å². The summed E-state index contributed by atoms with van der Waals surface area (Å²) in [7, 11) is 2.26. The molecule has 0 saturated heterocycles. The molecule has 0 spiro atoms. The first kappa shape index (κ1) is 17.0. The Balaban J connectivity index is 1.70. The Hall–Kier alpha value is -2.13. The van der Waals surface area contributed by atoms with E-state index in [0.29, 0.717) is 0 Å². The molecule has 3 heteroatoms. The van der Waals surface area contributed by atoms with Crippen molar-refractivity contribution in [3.63, 3.8) is 0 Å². The summed E-state index contributed by atoms with van der Waals surface area (Å²) in [6.07, 6.45) is 8.53. The van der Waals surface area contributed by atoms with Crippen LogP contribution in [0.3, 0.4) is 0 Å². The number of aromatic nitrogens is 2. The van der Waals surface area contributed by atoms with Crippen LogP contribution in [-0.4, -0.2) is 34.6 Å². The van der Waals surface area contributed by atoms with Gasteiger partial charge >= 0.3 is 0 Å². The number of rotatable bonds is 1. The number of aryl methyl sites for hydroxylation is 2. The second kappa shape index (κ2) is 6.20. The van der Waals surface area contributed by atoms with Crippen LogP contribution in [0.5, 0.6) is 0 Å². The lowest BCUT2D eigenvalue weighted by molar-refractivity contribution is 0.350. The Bertz CT molecular complexity index is 1000. The zero-order valence-electron chi connectivity index (χ0n) is 16.8. The average Bonchev–Trinajstić information content (AvgIpc) is 2.76. The lowest BCUT2D eigenvalue weighted by Gasteiger charge is -2.29. The van der Waals surface area contributed by atoms with Gasteiger partial charge in [-0.1, -0.05) is 18.6 Å². The predicted molar refractivity (Wildman–Crippen MR) is 111 cm³/mol. The minimum Gasteiger partial charge on any atom is -0.344 e. The van der Waals surface area contributed by atoms with Crippen molar-refractivity contribution in [2.75, 3.05) is 20.1 Å². The van der Waals surface area contributed by atoms with E-state index in [1.807, 2.05) is 12.4 Å². The van der Waals surface area contributed by atoms with Gasteiger partial charge in [-0.2, -0.15) is 0 Å². The van der Waals surface area contributed by atoms with Gasteiger partial charge in [-0.3, -0.25) is 4.98 Å². The summed E-state index contributed by atoms with van der Waals surface area (Å²) >= 11 is 0. The van der Waals surface area contributed by atoms with Crippen LogP contribution < -0.4 is 0 Å². The number of hydrogen-bond acceptors (Lipinski definition) is 2. The number of hydrogen-bond donors (Lipinski definition) is 0. The molecule has 2 aliphatic rings. The van der Waals surface area contributed by atoms with Crippen LogP contribution in [0.4, 0.5) is 0 Å². The molecular weight excluding hydrogens is 330 g/mol. The molecule has 3 aromatic rings. The van der Waals surface area contributed by atoms with E-state index in [1.54, 1.807) is 11.3 Å². The van der Waals surface area contributed by atoms with Gasteiger partial charge in [0.25, 0.3) is 0 Å². The summed E-state index contributed by atoms with van der Waals surface area (Å²) < 4.78 is 2.69. The fourth-order valence-electron chi connectivity index (χ4n) is 5.38. The average molecular weight is 360 g/mol. The van der Waals surface area contributed by atoms with Crippen molar-refractivity contribution < 1.29 is 0 Å². The van der Waals surface area contributed by atoms with Crippen molar-refractivity contribution in [2.24, 2.45) is 0 Å². The number of nitrogens with zero attached hydrogens (tertiary/aromatic N) is 3. The quantitative estimate of drug-likeness (QED) is 0.647. The second-order valence-electron chi connectivity index (χ2n) is 8.92. The Morgan fingerprint density at radius 1 is 1.04 bits per heavy atom. The molecule has 2 aliphatic heterocycles. The molecule has 0 N–H and O–H groups in total. The minimum atomic E-state index is 0.164. The molecule has 0 bridgehead atoms. The normalized spacial score (nSPS) is 23.1. The summed E-state index contributed by atoms with van der Waals surface area (Å²) in [5, 5.41) is 1.52. The molecular formula is C24H29N3. The Morgan fingerprint density at radius 3 is 2.63 bits per heavy atom. The van der Waals surface area contributed by atoms with Crippen LogP contribution in [-0.2, 0) is 31.2 Å². The van der Waals surface area contributed by atoms with Crippen LogP contribution in [0.1, 0.15) is 41.3 Å². The topological polar surface area (TPSA) is 21.1 Å². The fraction of sp³-hybridized carbons (Fsp3) is 0.458. The van der Waals surface area contributed by atoms with E-state index in [2.05, 4.69) is 59.6 Å². The van der Waals surface area contributed by atoms with E-state index < -0.39 is 0 Å². The molecule has 0 fully saturated rings. The molecule has 1 aromatic carbocycles. The molecule has 5 rings (SSSR count). The zero-order chi connectivity index (χ0) is 18.6. The van der Waals surface area contributed by atoms with E-state index in [4.69, 9.17) is 0 Å². The third-order valence-electron chi connectivity index (χ3n) is 6.92. The van der Waals surface area contributed by atoms with Gasteiger partial charge in [0.05, 0.1) is 5.52 Å². The standard InChI is InChI=1S/C24H29N3/c1-17-14-18-16-24(2,19-4-9-25-10-5-19)8-13-27-22-7-12-26(3)11-6-20(22)21(15-17)23(18)27/h4-5,9-10,14-15H,6-8,11-13,16H2,1-3H3. The lowest BCUT2D eigenvalue weighted by atomic mass is 9.75. The molecule has 3 nitrogen and oxygen atoms in total. The monoisotopic (exact) mass is 359 g/mol. The molecule has 1 atom stereocenters.